The lowest BCUT2D eigenvalue weighted by Crippen LogP contribution is -2.14. The minimum absolute atomic E-state index is 0.525. The van der Waals surface area contributed by atoms with Crippen molar-refractivity contribution in [3.05, 3.63) is 54.1 Å². The maximum absolute atomic E-state index is 14.2. The summed E-state index contributed by atoms with van der Waals surface area (Å²) >= 11 is 0. The molecule has 4 rings (SSSR count). The predicted molar refractivity (Wildman–Crippen MR) is 89.7 cm³/mol. The van der Waals surface area contributed by atoms with Crippen molar-refractivity contribution < 1.29 is 12.8 Å². The normalized spacial score (nSPS) is 12.3. The van der Waals surface area contributed by atoms with Crippen molar-refractivity contribution in [2.45, 2.75) is 11.8 Å². The van der Waals surface area contributed by atoms with Crippen molar-refractivity contribution in [2.75, 3.05) is 0 Å². The smallest absolute Gasteiger partial charge is 0.240 e. The quantitative estimate of drug-likeness (QED) is 0.607. The van der Waals surface area contributed by atoms with E-state index in [2.05, 4.69) is 9.97 Å². The average Bonchev–Trinajstić information content (AvgIpc) is 2.52. The van der Waals surface area contributed by atoms with E-state index >= 15 is 0 Å². The molecule has 4 aromatic rings. The summed E-state index contributed by atoms with van der Waals surface area (Å²) in [5, 5.41) is 6.93. The Labute approximate surface area is 137 Å². The van der Waals surface area contributed by atoms with Crippen molar-refractivity contribution in [3.63, 3.8) is 0 Å². The number of fused-ring (bicyclic) bond motifs is 6. The lowest BCUT2D eigenvalue weighted by Gasteiger charge is -2.15. The molecule has 0 amide bonds. The SMILES string of the molecule is Cc1c2ccnc1c1nccc2c1-c1ccc(S(N)(=O)=O)c(F)c1. The van der Waals surface area contributed by atoms with E-state index in [1.165, 1.54) is 18.2 Å². The largest absolute Gasteiger partial charge is 0.254 e. The van der Waals surface area contributed by atoms with Crippen LogP contribution in [0.3, 0.4) is 0 Å². The molecule has 0 aliphatic rings. The van der Waals surface area contributed by atoms with Crippen LogP contribution in [0.15, 0.2) is 47.6 Å². The van der Waals surface area contributed by atoms with Crippen LogP contribution in [0, 0.1) is 12.7 Å². The molecule has 0 saturated carbocycles. The van der Waals surface area contributed by atoms with Crippen LogP contribution in [-0.4, -0.2) is 18.4 Å². The van der Waals surface area contributed by atoms with Crippen LogP contribution in [0.2, 0.25) is 0 Å². The van der Waals surface area contributed by atoms with E-state index < -0.39 is 20.7 Å². The van der Waals surface area contributed by atoms with Crippen LogP contribution in [0.1, 0.15) is 5.56 Å². The van der Waals surface area contributed by atoms with Crippen molar-refractivity contribution >= 4 is 31.8 Å². The Morgan fingerprint density at radius 1 is 1.00 bits per heavy atom. The Morgan fingerprint density at radius 2 is 1.67 bits per heavy atom. The number of sulfonamides is 1. The molecule has 0 aliphatic heterocycles. The van der Waals surface area contributed by atoms with Gasteiger partial charge < -0.3 is 0 Å². The number of nitrogens with zero attached hydrogens (tertiary/aromatic N) is 2. The van der Waals surface area contributed by atoms with Crippen LogP contribution in [0.4, 0.5) is 4.39 Å². The van der Waals surface area contributed by atoms with Gasteiger partial charge in [-0.15, -0.1) is 0 Å². The fraction of sp³-hybridized carbons (Fsp3) is 0.0588. The second-order valence-electron chi connectivity index (χ2n) is 5.60. The topological polar surface area (TPSA) is 85.9 Å². The molecule has 2 aromatic heterocycles. The number of hydrogen-bond donors (Lipinski definition) is 1. The lowest BCUT2D eigenvalue weighted by molar-refractivity contribution is 0.568. The van der Waals surface area contributed by atoms with Gasteiger partial charge in [-0.1, -0.05) is 6.07 Å². The zero-order valence-electron chi connectivity index (χ0n) is 12.6. The summed E-state index contributed by atoms with van der Waals surface area (Å²) in [5.74, 6) is -0.885. The molecule has 0 radical (unpaired) electrons. The van der Waals surface area contributed by atoms with Gasteiger partial charge in [0.15, 0.2) is 0 Å². The zero-order chi connectivity index (χ0) is 17.1. The molecule has 2 heterocycles. The maximum atomic E-state index is 14.2. The molecule has 0 spiro atoms. The summed E-state index contributed by atoms with van der Waals surface area (Å²) in [7, 11) is -4.10. The molecule has 2 aromatic carbocycles. The number of primary sulfonamides is 1. The van der Waals surface area contributed by atoms with Gasteiger partial charge >= 0.3 is 0 Å². The summed E-state index contributed by atoms with van der Waals surface area (Å²) in [4.78, 5) is 8.24. The molecular weight excluding hydrogens is 329 g/mol. The highest BCUT2D eigenvalue weighted by atomic mass is 32.2. The number of nitrogens with two attached hydrogens (primary N) is 1. The second-order valence-corrected chi connectivity index (χ2v) is 7.13. The third kappa shape index (κ3) is 2.05. The van der Waals surface area contributed by atoms with Crippen LogP contribution in [0.25, 0.3) is 32.9 Å². The number of hydrogen-bond acceptors (Lipinski definition) is 4. The first-order valence-electron chi connectivity index (χ1n) is 7.16. The van der Waals surface area contributed by atoms with Gasteiger partial charge in [0, 0.05) is 18.0 Å². The van der Waals surface area contributed by atoms with Crippen molar-refractivity contribution in [1.29, 1.82) is 0 Å². The maximum Gasteiger partial charge on any atom is 0.240 e. The molecule has 5 nitrogen and oxygen atoms in total. The number of rotatable bonds is 2. The van der Waals surface area contributed by atoms with Gasteiger partial charge in [-0.25, -0.2) is 17.9 Å². The average molecular weight is 341 g/mol. The number of benzene rings is 2. The van der Waals surface area contributed by atoms with E-state index in [-0.39, 0.29) is 0 Å². The molecule has 0 saturated heterocycles. The number of aryl methyl sites for hydroxylation is 1. The van der Waals surface area contributed by atoms with E-state index in [4.69, 9.17) is 5.14 Å². The van der Waals surface area contributed by atoms with E-state index in [1.807, 2.05) is 19.1 Å². The molecular formula is C17H12FN3O2S. The standard InChI is InChI=1S/C17H12FN3O2S/c1-9-11-4-6-20-16(9)17-15(12(11)5-7-21-17)10-2-3-14(13(18)8-10)24(19,22)23/h2-8H,1H3,(H2,19,22,23). The fourth-order valence-corrected chi connectivity index (χ4v) is 3.70. The van der Waals surface area contributed by atoms with Crippen molar-refractivity contribution in [2.24, 2.45) is 5.14 Å². The van der Waals surface area contributed by atoms with Crippen LogP contribution >= 0.6 is 0 Å². The van der Waals surface area contributed by atoms with E-state index in [0.29, 0.717) is 11.1 Å². The van der Waals surface area contributed by atoms with E-state index in [9.17, 15) is 12.8 Å². The third-order valence-corrected chi connectivity index (χ3v) is 5.14. The molecule has 24 heavy (non-hydrogen) atoms. The monoisotopic (exact) mass is 341 g/mol. The first kappa shape index (κ1) is 14.9. The summed E-state index contributed by atoms with van der Waals surface area (Å²) < 4.78 is 37.0. The summed E-state index contributed by atoms with van der Waals surface area (Å²) in [6.07, 6.45) is 3.40. The Bertz CT molecular complexity index is 1160. The van der Waals surface area contributed by atoms with Gasteiger partial charge in [-0.05, 0) is 53.1 Å². The van der Waals surface area contributed by atoms with Crippen molar-refractivity contribution in [3.8, 4) is 11.1 Å². The fourth-order valence-electron chi connectivity index (χ4n) is 3.11. The highest BCUT2D eigenvalue weighted by Crippen LogP contribution is 2.38. The summed E-state index contributed by atoms with van der Waals surface area (Å²) in [5.41, 5.74) is 3.68. The Morgan fingerprint density at radius 3 is 2.33 bits per heavy atom. The first-order valence-corrected chi connectivity index (χ1v) is 8.70. The highest BCUT2D eigenvalue weighted by Gasteiger charge is 2.19. The van der Waals surface area contributed by atoms with Crippen LogP contribution in [0.5, 0.6) is 0 Å². The predicted octanol–water partition coefficient (Wildman–Crippen LogP) is 2.98. The Kier molecular flexibility index (Phi) is 3.06. The second kappa shape index (κ2) is 4.93. The molecule has 4 bridgehead atoms. The zero-order valence-corrected chi connectivity index (χ0v) is 13.4. The molecule has 7 heteroatoms. The van der Waals surface area contributed by atoms with E-state index in [0.717, 1.165) is 27.4 Å². The first-order chi connectivity index (χ1) is 11.4. The van der Waals surface area contributed by atoms with Gasteiger partial charge in [0.05, 0.1) is 11.0 Å². The number of aromatic nitrogens is 2. The van der Waals surface area contributed by atoms with Gasteiger partial charge in [0.25, 0.3) is 0 Å². The van der Waals surface area contributed by atoms with Gasteiger partial charge in [0.1, 0.15) is 10.7 Å². The minimum Gasteiger partial charge on any atom is -0.254 e. The number of pyridine rings is 2. The Hall–Kier alpha value is -2.64. The van der Waals surface area contributed by atoms with Crippen LogP contribution in [-0.2, 0) is 10.0 Å². The molecule has 2 N–H and O–H groups in total. The van der Waals surface area contributed by atoms with Gasteiger partial charge in [0.2, 0.25) is 10.0 Å². The molecule has 0 fully saturated rings. The molecule has 120 valence electrons. The van der Waals surface area contributed by atoms with Gasteiger partial charge in [-0.2, -0.15) is 0 Å². The van der Waals surface area contributed by atoms with Crippen molar-refractivity contribution in [1.82, 2.24) is 9.97 Å². The molecule has 0 aliphatic carbocycles. The summed E-state index contributed by atoms with van der Waals surface area (Å²) in [6.45, 7) is 1.97. The minimum atomic E-state index is -4.10. The van der Waals surface area contributed by atoms with E-state index in [1.54, 1.807) is 12.4 Å². The number of halogens is 1. The lowest BCUT2D eigenvalue weighted by atomic mass is 9.93. The third-order valence-electron chi connectivity index (χ3n) is 4.20. The molecule has 0 unspecified atom stereocenters. The Balaban J connectivity index is 2.09. The summed E-state index contributed by atoms with van der Waals surface area (Å²) in [6, 6.07) is 7.64. The van der Waals surface area contributed by atoms with Gasteiger partial charge in [-0.3, -0.25) is 9.97 Å². The van der Waals surface area contributed by atoms with Crippen LogP contribution < -0.4 is 5.14 Å². The highest BCUT2D eigenvalue weighted by molar-refractivity contribution is 7.89. The molecule has 0 atom stereocenters.